The number of ketones is 1. The molecule has 4 aromatic rings. The summed E-state index contributed by atoms with van der Waals surface area (Å²) >= 11 is 7.73. The van der Waals surface area contributed by atoms with Crippen LogP contribution in [0.3, 0.4) is 0 Å². The fourth-order valence-electron chi connectivity index (χ4n) is 3.64. The van der Waals surface area contributed by atoms with Crippen LogP contribution < -0.4 is 0 Å². The van der Waals surface area contributed by atoms with Crippen LogP contribution in [0.1, 0.15) is 39.5 Å². The van der Waals surface area contributed by atoms with Gasteiger partial charge >= 0.3 is 0 Å². The van der Waals surface area contributed by atoms with Gasteiger partial charge in [0, 0.05) is 23.4 Å². The lowest BCUT2D eigenvalue weighted by Crippen LogP contribution is -2.21. The number of nitrogens with zero attached hydrogens (tertiary/aromatic N) is 4. The first kappa shape index (κ1) is 18.3. The number of Topliss-reactive ketones (excluding diaryl/α,β-unsaturated/α-hetero) is 1. The van der Waals surface area contributed by atoms with E-state index in [9.17, 15) is 4.79 Å². The van der Waals surface area contributed by atoms with Gasteiger partial charge in [0.15, 0.2) is 5.78 Å². The first-order valence-corrected chi connectivity index (χ1v) is 10.7. The molecule has 5 nitrogen and oxygen atoms in total. The molecule has 0 spiro atoms. The molecule has 1 atom stereocenters. The first-order chi connectivity index (χ1) is 14.2. The molecular weight excluding hydrogens is 404 g/mol. The van der Waals surface area contributed by atoms with Crippen LogP contribution in [0.4, 0.5) is 0 Å². The molecular formula is C22H17ClN4OS. The number of carbonyl (C=O) groups is 1. The van der Waals surface area contributed by atoms with Gasteiger partial charge in [-0.15, -0.1) is 5.10 Å². The van der Waals surface area contributed by atoms with Crippen molar-refractivity contribution in [1.82, 2.24) is 19.6 Å². The van der Waals surface area contributed by atoms with Crippen molar-refractivity contribution >= 4 is 34.9 Å². The Balaban J connectivity index is 1.42. The van der Waals surface area contributed by atoms with E-state index in [4.69, 9.17) is 11.6 Å². The van der Waals surface area contributed by atoms with E-state index in [0.717, 1.165) is 22.7 Å². The third-order valence-electron chi connectivity index (χ3n) is 5.15. The van der Waals surface area contributed by atoms with Crippen molar-refractivity contribution in [3.63, 3.8) is 0 Å². The van der Waals surface area contributed by atoms with Gasteiger partial charge in [0.2, 0.25) is 5.16 Å². The molecule has 0 saturated carbocycles. The molecule has 1 aliphatic carbocycles. The molecule has 0 radical (unpaired) electrons. The van der Waals surface area contributed by atoms with E-state index in [-0.39, 0.29) is 11.7 Å². The number of halogens is 1. The standard InChI is InChI=1S/C22H17ClN4OS/c23-18-9-5-4-8-15(18)13-29-22-25-21-24-19-10-16(14-6-2-1-3-7-14)11-20(28)17(19)12-27(21)26-22/h1-9,12,16H,10-11,13H2/t16-/m0/s1. The molecule has 2 aromatic heterocycles. The van der Waals surface area contributed by atoms with Crippen molar-refractivity contribution in [2.75, 3.05) is 0 Å². The van der Waals surface area contributed by atoms with Crippen LogP contribution in [0.15, 0.2) is 66.0 Å². The second-order valence-corrected chi connectivity index (χ2v) is 8.41. The van der Waals surface area contributed by atoms with Gasteiger partial charge in [-0.3, -0.25) is 4.79 Å². The van der Waals surface area contributed by atoms with Gasteiger partial charge in [-0.25, -0.2) is 9.50 Å². The molecule has 29 heavy (non-hydrogen) atoms. The van der Waals surface area contributed by atoms with E-state index in [1.807, 2.05) is 42.5 Å². The number of carbonyl (C=O) groups excluding carboxylic acids is 1. The van der Waals surface area contributed by atoms with Crippen LogP contribution in [-0.2, 0) is 12.2 Å². The summed E-state index contributed by atoms with van der Waals surface area (Å²) in [6.07, 6.45) is 3.00. The van der Waals surface area contributed by atoms with E-state index in [2.05, 4.69) is 27.2 Å². The summed E-state index contributed by atoms with van der Waals surface area (Å²) in [6.45, 7) is 0. The molecule has 0 unspecified atom stereocenters. The zero-order chi connectivity index (χ0) is 19.8. The SMILES string of the molecule is O=C1C[C@@H](c2ccccc2)Cc2nc3nc(SCc4ccccc4Cl)nn3cc21. The topological polar surface area (TPSA) is 60.2 Å². The van der Waals surface area contributed by atoms with Crippen LogP contribution in [0.5, 0.6) is 0 Å². The molecule has 144 valence electrons. The summed E-state index contributed by atoms with van der Waals surface area (Å²) in [5.41, 5.74) is 3.66. The predicted octanol–water partition coefficient (Wildman–Crippen LogP) is 4.98. The van der Waals surface area contributed by atoms with Crippen LogP contribution in [-0.4, -0.2) is 25.4 Å². The van der Waals surface area contributed by atoms with Gasteiger partial charge in [-0.05, 0) is 29.5 Å². The molecule has 2 heterocycles. The smallest absolute Gasteiger partial charge is 0.253 e. The zero-order valence-corrected chi connectivity index (χ0v) is 17.0. The van der Waals surface area contributed by atoms with Crippen molar-refractivity contribution in [3.05, 3.63) is 88.2 Å². The maximum atomic E-state index is 12.7. The molecule has 0 N–H and O–H groups in total. The fraction of sp³-hybridized carbons (Fsp3) is 0.182. The summed E-state index contributed by atoms with van der Waals surface area (Å²) in [5, 5.41) is 5.84. The maximum Gasteiger partial charge on any atom is 0.253 e. The number of hydrogen-bond donors (Lipinski definition) is 0. The summed E-state index contributed by atoms with van der Waals surface area (Å²) in [7, 11) is 0. The van der Waals surface area contributed by atoms with E-state index >= 15 is 0 Å². The van der Waals surface area contributed by atoms with Gasteiger partial charge in [-0.1, -0.05) is 71.9 Å². The molecule has 0 amide bonds. The highest BCUT2D eigenvalue weighted by Crippen LogP contribution is 2.32. The highest BCUT2D eigenvalue weighted by molar-refractivity contribution is 7.98. The largest absolute Gasteiger partial charge is 0.294 e. The molecule has 0 aliphatic heterocycles. The van der Waals surface area contributed by atoms with Gasteiger partial charge in [0.05, 0.1) is 11.3 Å². The minimum absolute atomic E-state index is 0.107. The summed E-state index contributed by atoms with van der Waals surface area (Å²) in [6, 6.07) is 17.9. The molecule has 7 heteroatoms. The molecule has 5 rings (SSSR count). The fourth-order valence-corrected chi connectivity index (χ4v) is 4.75. The lowest BCUT2D eigenvalue weighted by molar-refractivity contribution is 0.0962. The Morgan fingerprint density at radius 3 is 2.66 bits per heavy atom. The second kappa shape index (κ2) is 7.61. The average Bonchev–Trinajstić information content (AvgIpc) is 3.14. The minimum atomic E-state index is 0.107. The Hall–Kier alpha value is -2.70. The van der Waals surface area contributed by atoms with Crippen LogP contribution in [0.2, 0.25) is 5.02 Å². The zero-order valence-electron chi connectivity index (χ0n) is 15.5. The Morgan fingerprint density at radius 1 is 1.03 bits per heavy atom. The molecule has 0 fully saturated rings. The quantitative estimate of drug-likeness (QED) is 0.435. The van der Waals surface area contributed by atoms with Gasteiger partial charge in [0.25, 0.3) is 5.78 Å². The van der Waals surface area contributed by atoms with Crippen LogP contribution in [0.25, 0.3) is 5.78 Å². The highest BCUT2D eigenvalue weighted by Gasteiger charge is 2.28. The van der Waals surface area contributed by atoms with Crippen LogP contribution in [0, 0.1) is 0 Å². The third-order valence-corrected chi connectivity index (χ3v) is 6.40. The van der Waals surface area contributed by atoms with Crippen molar-refractivity contribution < 1.29 is 4.79 Å². The summed E-state index contributed by atoms with van der Waals surface area (Å²) in [5.74, 6) is 1.45. The molecule has 2 aromatic carbocycles. The lowest BCUT2D eigenvalue weighted by atomic mass is 9.82. The number of thioether (sulfide) groups is 1. The summed E-state index contributed by atoms with van der Waals surface area (Å²) in [4.78, 5) is 21.9. The third kappa shape index (κ3) is 3.66. The van der Waals surface area contributed by atoms with E-state index < -0.39 is 0 Å². The van der Waals surface area contributed by atoms with Crippen molar-refractivity contribution in [1.29, 1.82) is 0 Å². The van der Waals surface area contributed by atoms with E-state index in [0.29, 0.717) is 28.7 Å². The van der Waals surface area contributed by atoms with Crippen molar-refractivity contribution in [2.45, 2.75) is 29.7 Å². The average molecular weight is 421 g/mol. The molecule has 0 bridgehead atoms. The number of hydrogen-bond acceptors (Lipinski definition) is 5. The minimum Gasteiger partial charge on any atom is -0.294 e. The highest BCUT2D eigenvalue weighted by atomic mass is 35.5. The monoisotopic (exact) mass is 420 g/mol. The van der Waals surface area contributed by atoms with Crippen LogP contribution >= 0.6 is 23.4 Å². The maximum absolute atomic E-state index is 12.7. The molecule has 1 aliphatic rings. The number of fused-ring (bicyclic) bond motifs is 2. The van der Waals surface area contributed by atoms with Crippen molar-refractivity contribution in [2.24, 2.45) is 0 Å². The Kier molecular flexibility index (Phi) is 4.81. The number of rotatable bonds is 4. The molecule has 0 saturated heterocycles. The van der Waals surface area contributed by atoms with Crippen molar-refractivity contribution in [3.8, 4) is 0 Å². The number of aromatic nitrogens is 4. The first-order valence-electron chi connectivity index (χ1n) is 9.38. The lowest BCUT2D eigenvalue weighted by Gasteiger charge is -2.22. The second-order valence-electron chi connectivity index (χ2n) is 7.06. The van der Waals surface area contributed by atoms with E-state index in [1.165, 1.54) is 17.3 Å². The normalized spacial score (nSPS) is 16.2. The summed E-state index contributed by atoms with van der Waals surface area (Å²) < 4.78 is 1.61. The van der Waals surface area contributed by atoms with Gasteiger partial charge in [0.1, 0.15) is 0 Å². The van der Waals surface area contributed by atoms with Gasteiger partial charge in [-0.2, -0.15) is 4.98 Å². The Labute approximate surface area is 177 Å². The van der Waals surface area contributed by atoms with Gasteiger partial charge < -0.3 is 0 Å². The predicted molar refractivity (Wildman–Crippen MR) is 114 cm³/mol. The Bertz CT molecular complexity index is 1210. The Morgan fingerprint density at radius 2 is 1.83 bits per heavy atom. The number of benzene rings is 2. The van der Waals surface area contributed by atoms with E-state index in [1.54, 1.807) is 10.7 Å².